The maximum Gasteiger partial charge on any atom is 0.316 e. The lowest BCUT2D eigenvalue weighted by Crippen LogP contribution is -2.43. The Kier molecular flexibility index (Phi) is 4.88. The summed E-state index contributed by atoms with van der Waals surface area (Å²) >= 11 is 4.02. The molecule has 3 nitrogen and oxygen atoms in total. The normalized spacial score (nSPS) is 19.7. The van der Waals surface area contributed by atoms with Gasteiger partial charge < -0.3 is 10.1 Å². The second kappa shape index (κ2) is 6.44. The lowest BCUT2D eigenvalue weighted by atomic mass is 9.77. The zero-order valence-electron chi connectivity index (χ0n) is 11.3. The van der Waals surface area contributed by atoms with Crippen LogP contribution in [0.5, 0.6) is 0 Å². The first-order chi connectivity index (χ1) is 9.16. The van der Waals surface area contributed by atoms with Crippen LogP contribution in [0.25, 0.3) is 0 Å². The lowest BCUT2D eigenvalue weighted by Gasteiger charge is -2.39. The molecule has 19 heavy (non-hydrogen) atoms. The fourth-order valence-corrected chi connectivity index (χ4v) is 2.85. The fourth-order valence-electron chi connectivity index (χ4n) is 2.79. The zero-order chi connectivity index (χ0) is 13.7. The topological polar surface area (TPSA) is 38.3 Å². The second-order valence-corrected chi connectivity index (χ2v) is 5.45. The Morgan fingerprint density at radius 3 is 2.58 bits per heavy atom. The number of benzene rings is 1. The van der Waals surface area contributed by atoms with Gasteiger partial charge in [0.1, 0.15) is 5.60 Å². The molecule has 1 unspecified atom stereocenters. The van der Waals surface area contributed by atoms with Crippen molar-refractivity contribution in [1.29, 1.82) is 0 Å². The molecule has 2 rings (SSSR count). The molecular formula is C15H21NO2S. The minimum Gasteiger partial charge on any atom is -0.454 e. The van der Waals surface area contributed by atoms with E-state index in [1.54, 1.807) is 0 Å². The molecule has 0 spiro atoms. The molecule has 0 aliphatic carbocycles. The van der Waals surface area contributed by atoms with Crippen molar-refractivity contribution >= 4 is 18.6 Å². The summed E-state index contributed by atoms with van der Waals surface area (Å²) in [6, 6.07) is 10.0. The van der Waals surface area contributed by atoms with E-state index in [0.29, 0.717) is 5.92 Å². The Labute approximate surface area is 120 Å². The molecule has 0 bridgehead atoms. The van der Waals surface area contributed by atoms with E-state index in [9.17, 15) is 4.79 Å². The smallest absolute Gasteiger partial charge is 0.316 e. The Balaban J connectivity index is 2.28. The SMILES string of the molecule is CC(OC(=O)CS)(c1ccccc1)C1CCNCC1. The minimum absolute atomic E-state index is 0.118. The van der Waals surface area contributed by atoms with Crippen LogP contribution in [-0.2, 0) is 15.1 Å². The Bertz CT molecular complexity index is 417. The quantitative estimate of drug-likeness (QED) is 0.656. The van der Waals surface area contributed by atoms with Gasteiger partial charge in [-0.05, 0) is 38.4 Å². The van der Waals surface area contributed by atoms with Crippen molar-refractivity contribution in [1.82, 2.24) is 5.32 Å². The number of hydrogen-bond donors (Lipinski definition) is 2. The van der Waals surface area contributed by atoms with Crippen LogP contribution in [0.2, 0.25) is 0 Å². The number of nitrogens with one attached hydrogen (secondary N) is 1. The van der Waals surface area contributed by atoms with E-state index in [1.807, 2.05) is 37.3 Å². The van der Waals surface area contributed by atoms with Crippen LogP contribution in [0.15, 0.2) is 30.3 Å². The summed E-state index contributed by atoms with van der Waals surface area (Å²) in [6.45, 7) is 3.98. The number of esters is 1. The van der Waals surface area contributed by atoms with Crippen molar-refractivity contribution in [3.8, 4) is 0 Å². The number of ether oxygens (including phenoxy) is 1. The van der Waals surface area contributed by atoms with E-state index in [0.717, 1.165) is 31.5 Å². The van der Waals surface area contributed by atoms with E-state index in [2.05, 4.69) is 17.9 Å². The largest absolute Gasteiger partial charge is 0.454 e. The highest BCUT2D eigenvalue weighted by molar-refractivity contribution is 7.81. The summed E-state index contributed by atoms with van der Waals surface area (Å²) in [7, 11) is 0. The average Bonchev–Trinajstić information content (AvgIpc) is 2.48. The molecule has 0 radical (unpaired) electrons. The highest BCUT2D eigenvalue weighted by Crippen LogP contribution is 2.38. The highest BCUT2D eigenvalue weighted by Gasteiger charge is 2.39. The third kappa shape index (κ3) is 3.31. The van der Waals surface area contributed by atoms with Crippen LogP contribution in [0.4, 0.5) is 0 Å². The third-order valence-electron chi connectivity index (χ3n) is 3.92. The van der Waals surface area contributed by atoms with Gasteiger partial charge in [-0.15, -0.1) is 0 Å². The van der Waals surface area contributed by atoms with E-state index in [-0.39, 0.29) is 11.7 Å². The molecule has 0 amide bonds. The molecule has 1 aromatic rings. The molecule has 0 aromatic heterocycles. The van der Waals surface area contributed by atoms with Gasteiger partial charge in [0.2, 0.25) is 0 Å². The molecule has 0 saturated carbocycles. The summed E-state index contributed by atoms with van der Waals surface area (Å²) in [4.78, 5) is 11.7. The van der Waals surface area contributed by atoms with E-state index < -0.39 is 5.60 Å². The number of carbonyl (C=O) groups excluding carboxylic acids is 1. The fraction of sp³-hybridized carbons (Fsp3) is 0.533. The van der Waals surface area contributed by atoms with Crippen LogP contribution in [-0.4, -0.2) is 24.8 Å². The Morgan fingerprint density at radius 2 is 2.00 bits per heavy atom. The van der Waals surface area contributed by atoms with Gasteiger partial charge in [-0.2, -0.15) is 12.6 Å². The monoisotopic (exact) mass is 279 g/mol. The number of hydrogen-bond acceptors (Lipinski definition) is 4. The van der Waals surface area contributed by atoms with Crippen molar-refractivity contribution < 1.29 is 9.53 Å². The van der Waals surface area contributed by atoms with Gasteiger partial charge >= 0.3 is 5.97 Å². The number of thiol groups is 1. The predicted octanol–water partition coefficient (Wildman–Crippen LogP) is 2.37. The molecule has 1 saturated heterocycles. The summed E-state index contributed by atoms with van der Waals surface area (Å²) in [5.41, 5.74) is 0.514. The van der Waals surface area contributed by atoms with Crippen LogP contribution >= 0.6 is 12.6 Å². The maximum atomic E-state index is 11.7. The maximum absolute atomic E-state index is 11.7. The van der Waals surface area contributed by atoms with Gasteiger partial charge in [-0.3, -0.25) is 4.79 Å². The third-order valence-corrected chi connectivity index (χ3v) is 4.18. The Morgan fingerprint density at radius 1 is 1.37 bits per heavy atom. The standard InChI is InChI=1S/C15H21NO2S/c1-15(18-14(17)11-19,12-5-3-2-4-6-12)13-7-9-16-10-8-13/h2-6,13,16,19H,7-11H2,1H3. The van der Waals surface area contributed by atoms with Crippen molar-refractivity contribution in [2.24, 2.45) is 5.92 Å². The Hall–Kier alpha value is -1.00. The molecule has 1 atom stereocenters. The second-order valence-electron chi connectivity index (χ2n) is 5.13. The van der Waals surface area contributed by atoms with Crippen LogP contribution < -0.4 is 5.32 Å². The number of rotatable bonds is 4. The van der Waals surface area contributed by atoms with E-state index in [4.69, 9.17) is 4.74 Å². The lowest BCUT2D eigenvalue weighted by molar-refractivity contribution is -0.163. The average molecular weight is 279 g/mol. The van der Waals surface area contributed by atoms with Gasteiger partial charge in [-0.1, -0.05) is 30.3 Å². The first kappa shape index (κ1) is 14.4. The van der Waals surface area contributed by atoms with Crippen molar-refractivity contribution in [2.45, 2.75) is 25.4 Å². The van der Waals surface area contributed by atoms with Crippen molar-refractivity contribution in [2.75, 3.05) is 18.8 Å². The van der Waals surface area contributed by atoms with Gasteiger partial charge in [0.05, 0.1) is 5.75 Å². The summed E-state index contributed by atoms with van der Waals surface area (Å²) in [5.74, 6) is 0.209. The van der Waals surface area contributed by atoms with Gasteiger partial charge in [0.15, 0.2) is 0 Å². The van der Waals surface area contributed by atoms with Crippen LogP contribution in [0.1, 0.15) is 25.3 Å². The van der Waals surface area contributed by atoms with Gasteiger partial charge in [0, 0.05) is 5.92 Å². The zero-order valence-corrected chi connectivity index (χ0v) is 12.2. The molecule has 1 heterocycles. The van der Waals surface area contributed by atoms with Gasteiger partial charge in [0.25, 0.3) is 0 Å². The molecule has 104 valence electrons. The van der Waals surface area contributed by atoms with Crippen molar-refractivity contribution in [3.05, 3.63) is 35.9 Å². The summed E-state index contributed by atoms with van der Waals surface area (Å²) in [6.07, 6.45) is 2.04. The molecule has 1 N–H and O–H groups in total. The molecule has 1 fully saturated rings. The molecular weight excluding hydrogens is 258 g/mol. The molecule has 1 aliphatic rings. The van der Waals surface area contributed by atoms with Crippen LogP contribution in [0.3, 0.4) is 0 Å². The van der Waals surface area contributed by atoms with Crippen LogP contribution in [0, 0.1) is 5.92 Å². The highest BCUT2D eigenvalue weighted by atomic mass is 32.1. The van der Waals surface area contributed by atoms with Gasteiger partial charge in [-0.25, -0.2) is 0 Å². The minimum atomic E-state index is -0.552. The summed E-state index contributed by atoms with van der Waals surface area (Å²) < 4.78 is 5.77. The van der Waals surface area contributed by atoms with Crippen molar-refractivity contribution in [3.63, 3.8) is 0 Å². The first-order valence-electron chi connectivity index (χ1n) is 6.76. The van der Waals surface area contributed by atoms with E-state index >= 15 is 0 Å². The first-order valence-corrected chi connectivity index (χ1v) is 7.39. The molecule has 1 aliphatic heterocycles. The summed E-state index contributed by atoms with van der Waals surface area (Å²) in [5, 5.41) is 3.35. The molecule has 1 aromatic carbocycles. The number of piperidine rings is 1. The van der Waals surface area contributed by atoms with E-state index in [1.165, 1.54) is 0 Å². The predicted molar refractivity (Wildman–Crippen MR) is 79.3 cm³/mol. The number of carbonyl (C=O) groups is 1. The molecule has 4 heteroatoms.